The zero-order chi connectivity index (χ0) is 12.6. The first-order valence-electron chi connectivity index (χ1n) is 5.11. The molecule has 0 unspecified atom stereocenters. The first-order chi connectivity index (χ1) is 7.89. The van der Waals surface area contributed by atoms with Gasteiger partial charge in [-0.3, -0.25) is 0 Å². The third kappa shape index (κ3) is 2.74. The molecule has 4 nitrogen and oxygen atoms in total. The summed E-state index contributed by atoms with van der Waals surface area (Å²) in [7, 11) is -3.53. The lowest BCUT2D eigenvalue weighted by Gasteiger charge is -2.16. The maximum Gasteiger partial charge on any atom is 0.243 e. The standard InChI is InChI=1S/C10H12Cl2N2O2S/c11-7-3-8(12)5-10(4-7)17(15,16)14-2-1-9(13)6-14/h3-5,9H,1-2,6,13H2/t9-/m0/s1. The van der Waals surface area contributed by atoms with Crippen LogP contribution in [0.2, 0.25) is 10.0 Å². The Bertz CT molecular complexity index is 513. The van der Waals surface area contributed by atoms with E-state index in [1.165, 1.54) is 22.5 Å². The number of rotatable bonds is 2. The fourth-order valence-corrected chi connectivity index (χ4v) is 4.04. The van der Waals surface area contributed by atoms with Crippen LogP contribution in [-0.4, -0.2) is 31.9 Å². The molecule has 0 amide bonds. The zero-order valence-corrected chi connectivity index (χ0v) is 11.3. The molecule has 0 bridgehead atoms. The fourth-order valence-electron chi connectivity index (χ4n) is 1.80. The van der Waals surface area contributed by atoms with Crippen molar-refractivity contribution in [3.63, 3.8) is 0 Å². The molecule has 1 heterocycles. The first-order valence-corrected chi connectivity index (χ1v) is 7.31. The van der Waals surface area contributed by atoms with E-state index < -0.39 is 10.0 Å². The first kappa shape index (κ1) is 13.1. The van der Waals surface area contributed by atoms with Crippen molar-refractivity contribution < 1.29 is 8.42 Å². The number of nitrogens with two attached hydrogens (primary N) is 1. The molecule has 2 N–H and O–H groups in total. The van der Waals surface area contributed by atoms with E-state index in [4.69, 9.17) is 28.9 Å². The Morgan fingerprint density at radius 1 is 1.24 bits per heavy atom. The van der Waals surface area contributed by atoms with Crippen LogP contribution in [0.3, 0.4) is 0 Å². The lowest BCUT2D eigenvalue weighted by molar-refractivity contribution is 0.472. The van der Waals surface area contributed by atoms with Gasteiger partial charge < -0.3 is 5.73 Å². The van der Waals surface area contributed by atoms with E-state index in [1.54, 1.807) is 0 Å². The van der Waals surface area contributed by atoms with E-state index in [0.717, 1.165) is 0 Å². The Morgan fingerprint density at radius 3 is 2.29 bits per heavy atom. The second kappa shape index (κ2) is 4.74. The number of benzene rings is 1. The molecule has 0 aromatic heterocycles. The van der Waals surface area contributed by atoms with Crippen molar-refractivity contribution in [2.24, 2.45) is 5.73 Å². The minimum Gasteiger partial charge on any atom is -0.326 e. The monoisotopic (exact) mass is 294 g/mol. The van der Waals surface area contributed by atoms with Gasteiger partial charge in [-0.2, -0.15) is 4.31 Å². The molecule has 1 atom stereocenters. The van der Waals surface area contributed by atoms with Crippen molar-refractivity contribution in [2.45, 2.75) is 17.4 Å². The van der Waals surface area contributed by atoms with Crippen LogP contribution in [0.15, 0.2) is 23.1 Å². The Hall–Kier alpha value is -0.330. The predicted molar refractivity (Wildman–Crippen MR) is 67.8 cm³/mol. The average molecular weight is 295 g/mol. The smallest absolute Gasteiger partial charge is 0.243 e. The Labute approximate surface area is 110 Å². The molecule has 1 aromatic rings. The van der Waals surface area contributed by atoms with Gasteiger partial charge in [0.1, 0.15) is 0 Å². The van der Waals surface area contributed by atoms with Crippen molar-refractivity contribution in [1.29, 1.82) is 0 Å². The molecule has 17 heavy (non-hydrogen) atoms. The average Bonchev–Trinajstić information content (AvgIpc) is 2.64. The molecule has 2 rings (SSSR count). The molecule has 94 valence electrons. The van der Waals surface area contributed by atoms with Gasteiger partial charge >= 0.3 is 0 Å². The highest BCUT2D eigenvalue weighted by Crippen LogP contribution is 2.26. The van der Waals surface area contributed by atoms with Gasteiger partial charge in [-0.15, -0.1) is 0 Å². The quantitative estimate of drug-likeness (QED) is 0.903. The van der Waals surface area contributed by atoms with E-state index >= 15 is 0 Å². The van der Waals surface area contributed by atoms with Crippen molar-refractivity contribution in [3.05, 3.63) is 28.2 Å². The molecular formula is C10H12Cl2N2O2S. The third-order valence-electron chi connectivity index (χ3n) is 2.66. The molecular weight excluding hydrogens is 283 g/mol. The summed E-state index contributed by atoms with van der Waals surface area (Å²) in [5, 5.41) is 0.610. The molecule has 1 aromatic carbocycles. The van der Waals surface area contributed by atoms with Gasteiger partial charge in [0.2, 0.25) is 10.0 Å². The van der Waals surface area contributed by atoms with Gasteiger partial charge in [-0.05, 0) is 24.6 Å². The van der Waals surface area contributed by atoms with Gasteiger partial charge in [-0.25, -0.2) is 8.42 Å². The lowest BCUT2D eigenvalue weighted by atomic mass is 10.3. The second-order valence-electron chi connectivity index (χ2n) is 4.02. The lowest BCUT2D eigenvalue weighted by Crippen LogP contribution is -2.31. The highest BCUT2D eigenvalue weighted by atomic mass is 35.5. The van der Waals surface area contributed by atoms with Crippen LogP contribution < -0.4 is 5.73 Å². The highest BCUT2D eigenvalue weighted by molar-refractivity contribution is 7.89. The molecule has 7 heteroatoms. The van der Waals surface area contributed by atoms with E-state index in [9.17, 15) is 8.42 Å². The van der Waals surface area contributed by atoms with Gasteiger partial charge in [-0.1, -0.05) is 23.2 Å². The number of hydrogen-bond donors (Lipinski definition) is 1. The highest BCUT2D eigenvalue weighted by Gasteiger charge is 2.31. The molecule has 0 radical (unpaired) electrons. The summed E-state index contributed by atoms with van der Waals surface area (Å²) in [6.07, 6.45) is 0.674. The van der Waals surface area contributed by atoms with E-state index in [2.05, 4.69) is 0 Å². The van der Waals surface area contributed by atoms with Gasteiger partial charge in [0.25, 0.3) is 0 Å². The van der Waals surface area contributed by atoms with Crippen molar-refractivity contribution in [1.82, 2.24) is 4.31 Å². The van der Waals surface area contributed by atoms with E-state index in [1.807, 2.05) is 0 Å². The summed E-state index contributed by atoms with van der Waals surface area (Å²) in [6, 6.07) is 4.19. The molecule has 1 aliphatic rings. The van der Waals surface area contributed by atoms with Crippen molar-refractivity contribution >= 4 is 33.2 Å². The van der Waals surface area contributed by atoms with Crippen LogP contribution in [0.1, 0.15) is 6.42 Å². The molecule has 0 saturated carbocycles. The maximum absolute atomic E-state index is 12.2. The Morgan fingerprint density at radius 2 is 1.82 bits per heavy atom. The topological polar surface area (TPSA) is 63.4 Å². The number of halogens is 2. The molecule has 1 aliphatic heterocycles. The van der Waals surface area contributed by atoms with Crippen LogP contribution in [0.5, 0.6) is 0 Å². The SMILES string of the molecule is N[C@H]1CCN(S(=O)(=O)c2cc(Cl)cc(Cl)c2)C1. The van der Waals surface area contributed by atoms with E-state index in [-0.39, 0.29) is 10.9 Å². The predicted octanol–water partition coefficient (Wildman–Crippen LogP) is 1.72. The van der Waals surface area contributed by atoms with Crippen LogP contribution in [0.4, 0.5) is 0 Å². The molecule has 1 fully saturated rings. The Balaban J connectivity index is 2.38. The number of sulfonamides is 1. The minimum absolute atomic E-state index is 0.0977. The molecule has 1 saturated heterocycles. The minimum atomic E-state index is -3.53. The maximum atomic E-state index is 12.2. The molecule has 0 spiro atoms. The summed E-state index contributed by atoms with van der Waals surface area (Å²) < 4.78 is 25.8. The third-order valence-corrected chi connectivity index (χ3v) is 4.94. The molecule has 0 aliphatic carbocycles. The normalized spacial score (nSPS) is 21.9. The fraction of sp³-hybridized carbons (Fsp3) is 0.400. The van der Waals surface area contributed by atoms with Gasteiger partial charge in [0.05, 0.1) is 4.90 Å². The van der Waals surface area contributed by atoms with Crippen LogP contribution in [-0.2, 0) is 10.0 Å². The van der Waals surface area contributed by atoms with Crippen LogP contribution >= 0.6 is 23.2 Å². The van der Waals surface area contributed by atoms with Crippen molar-refractivity contribution in [3.8, 4) is 0 Å². The van der Waals surface area contributed by atoms with Crippen LogP contribution in [0.25, 0.3) is 0 Å². The number of hydrogen-bond acceptors (Lipinski definition) is 3. The van der Waals surface area contributed by atoms with Gasteiger partial charge in [0.15, 0.2) is 0 Å². The van der Waals surface area contributed by atoms with Gasteiger partial charge in [0, 0.05) is 29.2 Å². The largest absolute Gasteiger partial charge is 0.326 e. The summed E-state index contributed by atoms with van der Waals surface area (Å²) in [6.45, 7) is 0.778. The Kier molecular flexibility index (Phi) is 3.66. The number of nitrogens with zero attached hydrogens (tertiary/aromatic N) is 1. The summed E-state index contributed by atoms with van der Waals surface area (Å²) in [5.41, 5.74) is 5.70. The van der Waals surface area contributed by atoms with Crippen LogP contribution in [0, 0.1) is 0 Å². The zero-order valence-electron chi connectivity index (χ0n) is 8.94. The van der Waals surface area contributed by atoms with E-state index in [0.29, 0.717) is 29.6 Å². The summed E-state index contributed by atoms with van der Waals surface area (Å²) >= 11 is 11.6. The van der Waals surface area contributed by atoms with Crippen molar-refractivity contribution in [2.75, 3.05) is 13.1 Å². The summed E-state index contributed by atoms with van der Waals surface area (Å²) in [4.78, 5) is 0.115. The second-order valence-corrected chi connectivity index (χ2v) is 6.83. The summed E-state index contributed by atoms with van der Waals surface area (Å²) in [5.74, 6) is 0.